The fourth-order valence-electron chi connectivity index (χ4n) is 3.66. The molecule has 2 fully saturated rings. The zero-order chi connectivity index (χ0) is 15.6. The zero-order valence-electron chi connectivity index (χ0n) is 13.4. The quantitative estimate of drug-likeness (QED) is 0.856. The summed E-state index contributed by atoms with van der Waals surface area (Å²) in [5.41, 5.74) is 0.503. The molecular weight excluding hydrogens is 288 g/mol. The monoisotopic (exact) mass is 310 g/mol. The number of hydrogen-bond acceptors (Lipinski definition) is 4. The number of benzene rings is 1. The van der Waals surface area contributed by atoms with Gasteiger partial charge in [-0.15, -0.1) is 10.2 Å². The first-order valence-corrected chi connectivity index (χ1v) is 8.64. The maximum absolute atomic E-state index is 12.8. The fourth-order valence-corrected chi connectivity index (χ4v) is 3.66. The molecule has 5 nitrogen and oxygen atoms in total. The molecule has 5 heteroatoms. The van der Waals surface area contributed by atoms with Crippen LogP contribution in [0.5, 0.6) is 0 Å². The molecule has 1 amide bonds. The van der Waals surface area contributed by atoms with Crippen molar-refractivity contribution in [3.8, 4) is 0 Å². The molecule has 2 aliphatic heterocycles. The van der Waals surface area contributed by atoms with Crippen molar-refractivity contribution >= 4 is 22.5 Å². The summed E-state index contributed by atoms with van der Waals surface area (Å²) in [6.07, 6.45) is 5.86. The zero-order valence-corrected chi connectivity index (χ0v) is 13.4. The minimum atomic E-state index is 0.0244. The first-order valence-electron chi connectivity index (χ1n) is 8.64. The van der Waals surface area contributed by atoms with Crippen LogP contribution in [0.15, 0.2) is 24.3 Å². The molecule has 0 N–H and O–H groups in total. The van der Waals surface area contributed by atoms with Crippen LogP contribution in [0.25, 0.3) is 10.8 Å². The number of carbonyl (C=O) groups is 1. The van der Waals surface area contributed by atoms with Gasteiger partial charge in [0, 0.05) is 37.0 Å². The molecule has 0 saturated carbocycles. The number of aromatic nitrogens is 2. The Kier molecular flexibility index (Phi) is 3.85. The summed E-state index contributed by atoms with van der Waals surface area (Å²) in [5.74, 6) is 0.953. The highest BCUT2D eigenvalue weighted by Crippen LogP contribution is 2.28. The third kappa shape index (κ3) is 2.64. The molecule has 2 aromatic rings. The molecule has 0 atom stereocenters. The van der Waals surface area contributed by atoms with Crippen LogP contribution in [0.2, 0.25) is 0 Å². The van der Waals surface area contributed by atoms with Gasteiger partial charge in [0.05, 0.1) is 0 Å². The minimum Gasteiger partial charge on any atom is -0.355 e. The number of hydrogen-bond donors (Lipinski definition) is 0. The Bertz CT molecular complexity index is 718. The van der Waals surface area contributed by atoms with E-state index in [0.29, 0.717) is 5.69 Å². The summed E-state index contributed by atoms with van der Waals surface area (Å²) in [5, 5.41) is 10.8. The molecule has 3 heterocycles. The lowest BCUT2D eigenvalue weighted by Crippen LogP contribution is -2.32. The summed E-state index contributed by atoms with van der Waals surface area (Å²) in [7, 11) is 0. The van der Waals surface area contributed by atoms with Crippen LogP contribution < -0.4 is 4.90 Å². The number of likely N-dealkylation sites (tertiary alicyclic amines) is 1. The fraction of sp³-hybridized carbons (Fsp3) is 0.500. The van der Waals surface area contributed by atoms with E-state index < -0.39 is 0 Å². The average molecular weight is 310 g/mol. The van der Waals surface area contributed by atoms with Gasteiger partial charge in [-0.1, -0.05) is 24.3 Å². The predicted molar refractivity (Wildman–Crippen MR) is 90.7 cm³/mol. The second-order valence-electron chi connectivity index (χ2n) is 6.46. The summed E-state index contributed by atoms with van der Waals surface area (Å²) < 4.78 is 0. The third-order valence-corrected chi connectivity index (χ3v) is 4.92. The molecule has 2 aliphatic rings. The molecule has 120 valence electrons. The van der Waals surface area contributed by atoms with E-state index in [2.05, 4.69) is 21.2 Å². The van der Waals surface area contributed by atoms with Crippen molar-refractivity contribution < 1.29 is 4.79 Å². The van der Waals surface area contributed by atoms with E-state index in [9.17, 15) is 4.79 Å². The topological polar surface area (TPSA) is 49.3 Å². The van der Waals surface area contributed by atoms with Gasteiger partial charge in [0.15, 0.2) is 11.5 Å². The van der Waals surface area contributed by atoms with Gasteiger partial charge in [0.25, 0.3) is 5.91 Å². The number of rotatable bonds is 2. The van der Waals surface area contributed by atoms with Crippen LogP contribution in [-0.4, -0.2) is 47.2 Å². The van der Waals surface area contributed by atoms with Gasteiger partial charge < -0.3 is 9.80 Å². The van der Waals surface area contributed by atoms with Crippen LogP contribution in [0.3, 0.4) is 0 Å². The number of piperidine rings is 1. The molecule has 0 radical (unpaired) electrons. The standard InChI is InChI=1S/C18H22N4O/c23-18(22-12-6-7-13-22)16-14-8-2-3-9-15(14)17(20-19-16)21-10-4-1-5-11-21/h2-3,8-9H,1,4-7,10-13H2. The molecule has 0 spiro atoms. The Hall–Kier alpha value is -2.17. The van der Waals surface area contributed by atoms with Gasteiger partial charge in [0.1, 0.15) is 0 Å². The third-order valence-electron chi connectivity index (χ3n) is 4.92. The van der Waals surface area contributed by atoms with E-state index in [-0.39, 0.29) is 5.91 Å². The maximum atomic E-state index is 12.8. The minimum absolute atomic E-state index is 0.0244. The van der Waals surface area contributed by atoms with E-state index in [4.69, 9.17) is 0 Å². The lowest BCUT2D eigenvalue weighted by atomic mass is 10.1. The molecular formula is C18H22N4O. The molecule has 0 unspecified atom stereocenters. The molecule has 2 saturated heterocycles. The van der Waals surface area contributed by atoms with E-state index in [1.54, 1.807) is 0 Å². The van der Waals surface area contributed by atoms with Crippen molar-refractivity contribution in [3.63, 3.8) is 0 Å². The number of carbonyl (C=O) groups excluding carboxylic acids is 1. The molecule has 1 aromatic carbocycles. The highest BCUT2D eigenvalue weighted by molar-refractivity contribution is 6.07. The van der Waals surface area contributed by atoms with Gasteiger partial charge in [-0.05, 0) is 32.1 Å². The second-order valence-corrected chi connectivity index (χ2v) is 6.46. The first kappa shape index (κ1) is 14.4. The average Bonchev–Trinajstić information content (AvgIpc) is 3.15. The van der Waals surface area contributed by atoms with E-state index in [0.717, 1.165) is 55.6 Å². The molecule has 0 bridgehead atoms. The Balaban J connectivity index is 1.77. The Morgan fingerprint density at radius 2 is 1.48 bits per heavy atom. The summed E-state index contributed by atoms with van der Waals surface area (Å²) in [6, 6.07) is 8.06. The Labute approximate surface area is 136 Å². The number of anilines is 1. The van der Waals surface area contributed by atoms with Crippen molar-refractivity contribution in [3.05, 3.63) is 30.0 Å². The van der Waals surface area contributed by atoms with Crippen LogP contribution in [-0.2, 0) is 0 Å². The molecule has 23 heavy (non-hydrogen) atoms. The van der Waals surface area contributed by atoms with Crippen molar-refractivity contribution in [2.24, 2.45) is 0 Å². The number of fused-ring (bicyclic) bond motifs is 1. The van der Waals surface area contributed by atoms with Crippen LogP contribution in [0.4, 0.5) is 5.82 Å². The first-order chi connectivity index (χ1) is 11.3. The van der Waals surface area contributed by atoms with Crippen molar-refractivity contribution in [2.75, 3.05) is 31.1 Å². The van der Waals surface area contributed by atoms with E-state index in [1.165, 1.54) is 19.3 Å². The van der Waals surface area contributed by atoms with Gasteiger partial charge in [-0.3, -0.25) is 4.79 Å². The maximum Gasteiger partial charge on any atom is 0.275 e. The summed E-state index contributed by atoms with van der Waals surface area (Å²) >= 11 is 0. The summed E-state index contributed by atoms with van der Waals surface area (Å²) in [6.45, 7) is 3.72. The summed E-state index contributed by atoms with van der Waals surface area (Å²) in [4.78, 5) is 17.0. The SMILES string of the molecule is O=C(c1nnc(N2CCCCC2)c2ccccc12)N1CCCC1. The second kappa shape index (κ2) is 6.14. The van der Waals surface area contributed by atoms with Gasteiger partial charge in [0.2, 0.25) is 0 Å². The van der Waals surface area contributed by atoms with Crippen LogP contribution >= 0.6 is 0 Å². The van der Waals surface area contributed by atoms with E-state index >= 15 is 0 Å². The van der Waals surface area contributed by atoms with E-state index in [1.807, 2.05) is 23.1 Å². The number of nitrogens with zero attached hydrogens (tertiary/aromatic N) is 4. The molecule has 1 aromatic heterocycles. The van der Waals surface area contributed by atoms with Gasteiger partial charge in [-0.25, -0.2) is 0 Å². The van der Waals surface area contributed by atoms with Gasteiger partial charge in [-0.2, -0.15) is 0 Å². The van der Waals surface area contributed by atoms with Gasteiger partial charge >= 0.3 is 0 Å². The normalized spacial score (nSPS) is 18.6. The van der Waals surface area contributed by atoms with Crippen LogP contribution in [0, 0.1) is 0 Å². The van der Waals surface area contributed by atoms with Crippen molar-refractivity contribution in [1.82, 2.24) is 15.1 Å². The van der Waals surface area contributed by atoms with Crippen molar-refractivity contribution in [1.29, 1.82) is 0 Å². The Morgan fingerprint density at radius 1 is 0.826 bits per heavy atom. The van der Waals surface area contributed by atoms with Crippen LogP contribution in [0.1, 0.15) is 42.6 Å². The lowest BCUT2D eigenvalue weighted by molar-refractivity contribution is 0.0788. The lowest BCUT2D eigenvalue weighted by Gasteiger charge is -2.28. The largest absolute Gasteiger partial charge is 0.355 e. The Morgan fingerprint density at radius 3 is 2.22 bits per heavy atom. The number of amides is 1. The molecule has 4 rings (SSSR count). The highest BCUT2D eigenvalue weighted by atomic mass is 16.2. The smallest absolute Gasteiger partial charge is 0.275 e. The predicted octanol–water partition coefficient (Wildman–Crippen LogP) is 2.86. The molecule has 0 aliphatic carbocycles. The van der Waals surface area contributed by atoms with Crippen molar-refractivity contribution in [2.45, 2.75) is 32.1 Å². The highest BCUT2D eigenvalue weighted by Gasteiger charge is 2.25.